The minimum atomic E-state index is -0.312. The Kier molecular flexibility index (Phi) is 6.58. The van der Waals surface area contributed by atoms with Crippen LogP contribution in [0.1, 0.15) is 63.4 Å². The third kappa shape index (κ3) is 5.47. The van der Waals surface area contributed by atoms with Crippen LogP contribution >= 0.6 is 11.6 Å². The summed E-state index contributed by atoms with van der Waals surface area (Å²) >= 11 is 5.96. The fourth-order valence-electron chi connectivity index (χ4n) is 4.27. The molecule has 2 N–H and O–H groups in total. The lowest BCUT2D eigenvalue weighted by atomic mass is 9.85. The van der Waals surface area contributed by atoms with E-state index in [0.717, 1.165) is 24.9 Å². The minimum absolute atomic E-state index is 0.0848. The predicted octanol–water partition coefficient (Wildman–Crippen LogP) is 4.01. The second-order valence-corrected chi connectivity index (χ2v) is 8.38. The van der Waals surface area contributed by atoms with E-state index in [-0.39, 0.29) is 17.4 Å². The van der Waals surface area contributed by atoms with Gasteiger partial charge in [0.2, 0.25) is 11.8 Å². The summed E-state index contributed by atoms with van der Waals surface area (Å²) in [6, 6.07) is 7.74. The largest absolute Gasteiger partial charge is 0.356 e. The Morgan fingerprint density at radius 1 is 1.19 bits per heavy atom. The van der Waals surface area contributed by atoms with Crippen LogP contribution < -0.4 is 10.6 Å². The van der Waals surface area contributed by atoms with E-state index in [9.17, 15) is 9.59 Å². The van der Waals surface area contributed by atoms with Gasteiger partial charge in [-0.15, -0.1) is 0 Å². The summed E-state index contributed by atoms with van der Waals surface area (Å²) in [5.74, 6) is 0.829. The van der Waals surface area contributed by atoms with Gasteiger partial charge < -0.3 is 10.6 Å². The topological polar surface area (TPSA) is 58.2 Å². The molecule has 4 nitrogen and oxygen atoms in total. The smallest absolute Gasteiger partial charge is 0.220 e. The monoisotopic (exact) mass is 376 g/mol. The summed E-state index contributed by atoms with van der Waals surface area (Å²) in [5.41, 5.74) is 0.826. The Morgan fingerprint density at radius 3 is 2.58 bits per heavy atom. The molecule has 0 bridgehead atoms. The molecule has 3 rings (SSSR count). The summed E-state index contributed by atoms with van der Waals surface area (Å²) in [6.45, 7) is 0.801. The molecule has 142 valence electrons. The molecule has 2 amide bonds. The lowest BCUT2D eigenvalue weighted by Gasteiger charge is -2.29. The van der Waals surface area contributed by atoms with E-state index in [1.54, 1.807) is 0 Å². The minimum Gasteiger partial charge on any atom is -0.356 e. The molecule has 0 unspecified atom stereocenters. The van der Waals surface area contributed by atoms with Crippen molar-refractivity contribution in [1.82, 2.24) is 10.6 Å². The molecule has 2 aliphatic rings. The van der Waals surface area contributed by atoms with E-state index in [1.165, 1.54) is 32.1 Å². The molecule has 1 aromatic carbocycles. The van der Waals surface area contributed by atoms with Gasteiger partial charge in [-0.3, -0.25) is 9.59 Å². The first-order valence-corrected chi connectivity index (χ1v) is 10.2. The average Bonchev–Trinajstić information content (AvgIpc) is 3.02. The van der Waals surface area contributed by atoms with E-state index in [2.05, 4.69) is 10.6 Å². The summed E-state index contributed by atoms with van der Waals surface area (Å²) < 4.78 is 0. The van der Waals surface area contributed by atoms with Gasteiger partial charge in [0.1, 0.15) is 0 Å². The van der Waals surface area contributed by atoms with Crippen LogP contribution in [-0.4, -0.2) is 23.9 Å². The second-order valence-electron chi connectivity index (χ2n) is 7.94. The highest BCUT2D eigenvalue weighted by Crippen LogP contribution is 2.30. The average molecular weight is 377 g/mol. The maximum absolute atomic E-state index is 12.3. The molecule has 1 aliphatic heterocycles. The summed E-state index contributed by atoms with van der Waals surface area (Å²) in [6.07, 6.45) is 9.57. The Labute approximate surface area is 161 Å². The molecule has 2 fully saturated rings. The molecule has 0 aromatic heterocycles. The van der Waals surface area contributed by atoms with Gasteiger partial charge >= 0.3 is 0 Å². The third-order valence-corrected chi connectivity index (χ3v) is 6.09. The van der Waals surface area contributed by atoms with Gasteiger partial charge in [0.05, 0.1) is 0 Å². The summed E-state index contributed by atoms with van der Waals surface area (Å²) in [5, 5.41) is 6.96. The Balaban J connectivity index is 1.52. The Morgan fingerprint density at radius 2 is 1.92 bits per heavy atom. The zero-order valence-corrected chi connectivity index (χ0v) is 16.1. The number of hydrogen-bond acceptors (Lipinski definition) is 2. The van der Waals surface area contributed by atoms with Gasteiger partial charge in [-0.25, -0.2) is 0 Å². The quantitative estimate of drug-likeness (QED) is 0.755. The predicted molar refractivity (Wildman–Crippen MR) is 104 cm³/mol. The molecule has 26 heavy (non-hydrogen) atoms. The normalized spacial score (nSPS) is 23.7. The van der Waals surface area contributed by atoms with Crippen LogP contribution in [0.25, 0.3) is 0 Å². The number of carbonyl (C=O) groups excluding carboxylic acids is 2. The van der Waals surface area contributed by atoms with Gasteiger partial charge in [0.25, 0.3) is 0 Å². The van der Waals surface area contributed by atoms with Crippen molar-refractivity contribution < 1.29 is 9.59 Å². The maximum atomic E-state index is 12.3. The maximum Gasteiger partial charge on any atom is 0.220 e. The van der Waals surface area contributed by atoms with Crippen LogP contribution in [0.2, 0.25) is 5.02 Å². The molecule has 1 heterocycles. The number of rotatable bonds is 7. The van der Waals surface area contributed by atoms with Crippen molar-refractivity contribution >= 4 is 23.4 Å². The molecular formula is C21H29ClN2O2. The van der Waals surface area contributed by atoms with Crippen LogP contribution in [0.4, 0.5) is 0 Å². The van der Waals surface area contributed by atoms with Crippen molar-refractivity contribution in [3.05, 3.63) is 34.9 Å². The summed E-state index contributed by atoms with van der Waals surface area (Å²) in [4.78, 5) is 24.2. The van der Waals surface area contributed by atoms with E-state index in [1.807, 2.05) is 24.3 Å². The highest BCUT2D eigenvalue weighted by molar-refractivity contribution is 6.30. The fourth-order valence-corrected chi connectivity index (χ4v) is 4.39. The van der Waals surface area contributed by atoms with Crippen molar-refractivity contribution in [2.75, 3.05) is 6.54 Å². The van der Waals surface area contributed by atoms with Gasteiger partial charge in [-0.1, -0.05) is 43.0 Å². The third-order valence-electron chi connectivity index (χ3n) is 5.83. The first kappa shape index (κ1) is 19.2. The van der Waals surface area contributed by atoms with E-state index >= 15 is 0 Å². The standard InChI is InChI=1S/C21H29ClN2O2/c22-18-8-6-16(7-9-18)14-21(13-11-20(26)24-21)12-10-19(25)23-15-17-4-2-1-3-5-17/h6-9,17H,1-5,10-15H2,(H,23,25)(H,24,26)/t21-/m0/s1. The number of benzene rings is 1. The van der Waals surface area contributed by atoms with E-state index in [4.69, 9.17) is 11.6 Å². The molecule has 1 aliphatic carbocycles. The van der Waals surface area contributed by atoms with Crippen LogP contribution in [0, 0.1) is 5.92 Å². The Bertz CT molecular complexity index is 625. The zero-order chi connectivity index (χ0) is 18.4. The van der Waals surface area contributed by atoms with Crippen molar-refractivity contribution in [3.8, 4) is 0 Å². The van der Waals surface area contributed by atoms with Crippen LogP contribution in [0.3, 0.4) is 0 Å². The molecule has 1 saturated heterocycles. The van der Waals surface area contributed by atoms with Gasteiger partial charge in [0, 0.05) is 29.9 Å². The van der Waals surface area contributed by atoms with Crippen molar-refractivity contribution in [2.45, 2.75) is 69.7 Å². The number of halogens is 1. The molecule has 1 atom stereocenters. The highest BCUT2D eigenvalue weighted by Gasteiger charge is 2.37. The van der Waals surface area contributed by atoms with Crippen molar-refractivity contribution in [2.24, 2.45) is 5.92 Å². The lowest BCUT2D eigenvalue weighted by Crippen LogP contribution is -2.44. The molecule has 1 saturated carbocycles. The first-order valence-electron chi connectivity index (χ1n) is 9.87. The van der Waals surface area contributed by atoms with Crippen molar-refractivity contribution in [1.29, 1.82) is 0 Å². The zero-order valence-electron chi connectivity index (χ0n) is 15.4. The number of carbonyl (C=O) groups is 2. The van der Waals surface area contributed by atoms with E-state index < -0.39 is 0 Å². The van der Waals surface area contributed by atoms with Crippen LogP contribution in [0.5, 0.6) is 0 Å². The van der Waals surface area contributed by atoms with Crippen molar-refractivity contribution in [3.63, 3.8) is 0 Å². The number of nitrogens with one attached hydrogen (secondary N) is 2. The first-order chi connectivity index (χ1) is 12.5. The van der Waals surface area contributed by atoms with Gasteiger partial charge in [-0.2, -0.15) is 0 Å². The molecule has 0 radical (unpaired) electrons. The Hall–Kier alpha value is -1.55. The highest BCUT2D eigenvalue weighted by atomic mass is 35.5. The number of amides is 2. The molecule has 0 spiro atoms. The van der Waals surface area contributed by atoms with Crippen LogP contribution in [0.15, 0.2) is 24.3 Å². The SMILES string of the molecule is O=C(CC[C@@]1(Cc2ccc(Cl)cc2)CCC(=O)N1)NCC1CCCCC1. The van der Waals surface area contributed by atoms with Gasteiger partial charge in [0.15, 0.2) is 0 Å². The number of hydrogen-bond donors (Lipinski definition) is 2. The summed E-state index contributed by atoms with van der Waals surface area (Å²) in [7, 11) is 0. The van der Waals surface area contributed by atoms with Crippen LogP contribution in [-0.2, 0) is 16.0 Å². The van der Waals surface area contributed by atoms with Gasteiger partial charge in [-0.05, 0) is 55.7 Å². The lowest BCUT2D eigenvalue weighted by molar-refractivity contribution is -0.123. The molecular weight excluding hydrogens is 348 g/mol. The fraction of sp³-hybridized carbons (Fsp3) is 0.619. The van der Waals surface area contributed by atoms with E-state index in [0.29, 0.717) is 30.2 Å². The molecule has 5 heteroatoms. The molecule has 1 aromatic rings. The second kappa shape index (κ2) is 8.90.